The maximum absolute atomic E-state index is 13.0. The van der Waals surface area contributed by atoms with Crippen molar-refractivity contribution in [3.63, 3.8) is 0 Å². The Kier molecular flexibility index (Phi) is 6.01. The number of carbonyl (C=O) groups is 1. The van der Waals surface area contributed by atoms with Gasteiger partial charge in [-0.3, -0.25) is 14.2 Å². The van der Waals surface area contributed by atoms with Gasteiger partial charge in [0.15, 0.2) is 5.16 Å². The predicted octanol–water partition coefficient (Wildman–Crippen LogP) is 4.06. The molecule has 0 atom stereocenters. The number of aromatic nitrogens is 2. The molecule has 0 unspecified atom stereocenters. The van der Waals surface area contributed by atoms with E-state index in [1.54, 1.807) is 33.7 Å². The Morgan fingerprint density at radius 3 is 2.58 bits per heavy atom. The molecule has 5 nitrogen and oxygen atoms in total. The normalized spacial score (nSPS) is 11.0. The fraction of sp³-hybridized carbons (Fsp3) is 0.278. The van der Waals surface area contributed by atoms with Crippen molar-refractivity contribution in [3.8, 4) is 5.69 Å². The first kappa shape index (κ1) is 18.9. The number of carbonyl (C=O) groups excluding carboxylic acids is 1. The Balaban J connectivity index is 2.03. The smallest absolute Gasteiger partial charge is 0.276 e. The topological polar surface area (TPSA) is 55.2 Å². The molecule has 1 amide bonds. The Morgan fingerprint density at radius 1 is 1.23 bits per heavy atom. The number of fused-ring (bicyclic) bond motifs is 1. The molecule has 0 aliphatic carbocycles. The van der Waals surface area contributed by atoms with Crippen LogP contribution in [0, 0.1) is 0 Å². The van der Waals surface area contributed by atoms with E-state index in [9.17, 15) is 9.59 Å². The van der Waals surface area contributed by atoms with E-state index in [2.05, 4.69) is 4.98 Å². The Hall–Kier alpha value is -1.83. The molecule has 0 N–H and O–H groups in total. The van der Waals surface area contributed by atoms with Gasteiger partial charge in [0.05, 0.1) is 17.0 Å². The SMILES string of the molecule is CCN(CC)C(=O)CSc1nc2ccsc2c(=O)n1-c1ccc(Cl)cc1. The van der Waals surface area contributed by atoms with Gasteiger partial charge in [0, 0.05) is 18.1 Å². The predicted molar refractivity (Wildman–Crippen MR) is 109 cm³/mol. The summed E-state index contributed by atoms with van der Waals surface area (Å²) in [6.45, 7) is 5.23. The Morgan fingerprint density at radius 2 is 1.92 bits per heavy atom. The Bertz CT molecular complexity index is 978. The quantitative estimate of drug-likeness (QED) is 0.456. The molecule has 0 saturated carbocycles. The van der Waals surface area contributed by atoms with Crippen LogP contribution in [0.3, 0.4) is 0 Å². The zero-order valence-corrected chi connectivity index (χ0v) is 16.8. The number of hydrogen-bond donors (Lipinski definition) is 0. The number of rotatable bonds is 6. The van der Waals surface area contributed by atoms with Crippen LogP contribution in [0.1, 0.15) is 13.8 Å². The first-order valence-electron chi connectivity index (χ1n) is 8.22. The van der Waals surface area contributed by atoms with E-state index in [0.717, 1.165) is 0 Å². The van der Waals surface area contributed by atoms with Gasteiger partial charge in [-0.1, -0.05) is 23.4 Å². The fourth-order valence-electron chi connectivity index (χ4n) is 2.60. The third kappa shape index (κ3) is 3.79. The van der Waals surface area contributed by atoms with Crippen LogP contribution < -0.4 is 5.56 Å². The lowest BCUT2D eigenvalue weighted by molar-refractivity contribution is -0.127. The summed E-state index contributed by atoms with van der Waals surface area (Å²) in [5.74, 6) is 0.263. The van der Waals surface area contributed by atoms with Gasteiger partial charge >= 0.3 is 0 Å². The van der Waals surface area contributed by atoms with E-state index in [1.165, 1.54) is 23.1 Å². The van der Waals surface area contributed by atoms with Gasteiger partial charge < -0.3 is 4.90 Å². The molecular formula is C18H18ClN3O2S2. The molecule has 26 heavy (non-hydrogen) atoms. The van der Waals surface area contributed by atoms with Crippen LogP contribution in [0.2, 0.25) is 5.02 Å². The average Bonchev–Trinajstić information content (AvgIpc) is 3.11. The van der Waals surface area contributed by atoms with Crippen LogP contribution in [0.4, 0.5) is 0 Å². The van der Waals surface area contributed by atoms with Crippen molar-refractivity contribution >= 4 is 50.8 Å². The lowest BCUT2D eigenvalue weighted by Gasteiger charge is -2.18. The molecule has 0 spiro atoms. The zero-order chi connectivity index (χ0) is 18.7. The van der Waals surface area contributed by atoms with Gasteiger partial charge in [-0.2, -0.15) is 0 Å². The van der Waals surface area contributed by atoms with Gasteiger partial charge in [0.2, 0.25) is 5.91 Å². The van der Waals surface area contributed by atoms with Crippen molar-refractivity contribution < 1.29 is 4.79 Å². The highest BCUT2D eigenvalue weighted by Crippen LogP contribution is 2.24. The monoisotopic (exact) mass is 407 g/mol. The first-order chi connectivity index (χ1) is 12.5. The van der Waals surface area contributed by atoms with Crippen molar-refractivity contribution in [2.75, 3.05) is 18.8 Å². The summed E-state index contributed by atoms with van der Waals surface area (Å²) in [6, 6.07) is 8.85. The third-order valence-corrected chi connectivity index (χ3v) is 6.04. The van der Waals surface area contributed by atoms with E-state index >= 15 is 0 Å². The van der Waals surface area contributed by atoms with Crippen molar-refractivity contribution in [1.29, 1.82) is 0 Å². The average molecular weight is 408 g/mol. The van der Waals surface area contributed by atoms with Crippen LogP contribution in [-0.2, 0) is 4.79 Å². The molecule has 0 aliphatic rings. The minimum absolute atomic E-state index is 0.0299. The molecule has 2 aromatic heterocycles. The van der Waals surface area contributed by atoms with Crippen LogP contribution in [0.25, 0.3) is 15.9 Å². The van der Waals surface area contributed by atoms with Gasteiger partial charge in [0.1, 0.15) is 4.70 Å². The lowest BCUT2D eigenvalue weighted by atomic mass is 10.3. The maximum atomic E-state index is 13.0. The molecule has 0 bridgehead atoms. The minimum Gasteiger partial charge on any atom is -0.343 e. The number of halogens is 1. The highest BCUT2D eigenvalue weighted by molar-refractivity contribution is 7.99. The summed E-state index contributed by atoms with van der Waals surface area (Å²) >= 11 is 8.61. The molecule has 3 aromatic rings. The summed E-state index contributed by atoms with van der Waals surface area (Å²) in [7, 11) is 0. The van der Waals surface area contributed by atoms with Gasteiger partial charge in [-0.25, -0.2) is 4.98 Å². The number of hydrogen-bond acceptors (Lipinski definition) is 5. The molecule has 2 heterocycles. The lowest BCUT2D eigenvalue weighted by Crippen LogP contribution is -2.32. The van der Waals surface area contributed by atoms with Crippen LogP contribution in [0.15, 0.2) is 45.7 Å². The van der Waals surface area contributed by atoms with Crippen molar-refractivity contribution in [2.45, 2.75) is 19.0 Å². The minimum atomic E-state index is -0.134. The summed E-state index contributed by atoms with van der Waals surface area (Å²) in [5, 5.41) is 2.95. The van der Waals surface area contributed by atoms with Gasteiger partial charge in [-0.15, -0.1) is 11.3 Å². The Labute approximate surface area is 164 Å². The van der Waals surface area contributed by atoms with Crippen LogP contribution in [-0.4, -0.2) is 39.2 Å². The van der Waals surface area contributed by atoms with Crippen molar-refractivity contribution in [3.05, 3.63) is 51.1 Å². The number of benzene rings is 1. The summed E-state index contributed by atoms with van der Waals surface area (Å²) in [5.41, 5.74) is 1.20. The second-order valence-electron chi connectivity index (χ2n) is 5.50. The van der Waals surface area contributed by atoms with E-state index in [4.69, 9.17) is 11.6 Å². The van der Waals surface area contributed by atoms with Crippen LogP contribution >= 0.6 is 34.7 Å². The third-order valence-electron chi connectivity index (χ3n) is 3.97. The molecule has 1 aromatic carbocycles. The molecule has 0 radical (unpaired) electrons. The first-order valence-corrected chi connectivity index (χ1v) is 10.5. The molecule has 136 valence electrons. The summed E-state index contributed by atoms with van der Waals surface area (Å²) < 4.78 is 2.15. The van der Waals surface area contributed by atoms with E-state index in [-0.39, 0.29) is 17.2 Å². The maximum Gasteiger partial charge on any atom is 0.276 e. The molecule has 8 heteroatoms. The molecule has 3 rings (SSSR count). The molecule has 0 saturated heterocycles. The number of thioether (sulfide) groups is 1. The fourth-order valence-corrected chi connectivity index (χ4v) is 4.40. The van der Waals surface area contributed by atoms with Crippen molar-refractivity contribution in [1.82, 2.24) is 14.5 Å². The number of amides is 1. The number of nitrogens with zero attached hydrogens (tertiary/aromatic N) is 3. The standard InChI is InChI=1S/C18H18ClN3O2S2/c1-3-21(4-2)15(23)11-26-18-20-14-9-10-25-16(14)17(24)22(18)13-7-5-12(19)6-8-13/h5-10H,3-4,11H2,1-2H3. The zero-order valence-electron chi connectivity index (χ0n) is 14.4. The highest BCUT2D eigenvalue weighted by atomic mass is 35.5. The van der Waals surface area contributed by atoms with E-state index in [1.807, 2.05) is 25.3 Å². The highest BCUT2D eigenvalue weighted by Gasteiger charge is 2.17. The largest absolute Gasteiger partial charge is 0.343 e. The van der Waals surface area contributed by atoms with Crippen LogP contribution in [0.5, 0.6) is 0 Å². The van der Waals surface area contributed by atoms with Gasteiger partial charge in [0.25, 0.3) is 5.56 Å². The molecular weight excluding hydrogens is 390 g/mol. The molecule has 0 aliphatic heterocycles. The summed E-state index contributed by atoms with van der Waals surface area (Å²) in [6.07, 6.45) is 0. The van der Waals surface area contributed by atoms with Gasteiger partial charge in [-0.05, 0) is 49.6 Å². The molecule has 0 fully saturated rings. The summed E-state index contributed by atoms with van der Waals surface area (Å²) in [4.78, 5) is 31.7. The number of thiophene rings is 1. The van der Waals surface area contributed by atoms with E-state index < -0.39 is 0 Å². The van der Waals surface area contributed by atoms with E-state index in [0.29, 0.717) is 39.2 Å². The second-order valence-corrected chi connectivity index (χ2v) is 7.80. The van der Waals surface area contributed by atoms with Crippen molar-refractivity contribution in [2.24, 2.45) is 0 Å². The second kappa shape index (κ2) is 8.24.